The lowest BCUT2D eigenvalue weighted by Gasteiger charge is -2.19. The van der Waals surface area contributed by atoms with Crippen molar-refractivity contribution in [3.63, 3.8) is 0 Å². The van der Waals surface area contributed by atoms with Gasteiger partial charge in [0.25, 0.3) is 0 Å². The van der Waals surface area contributed by atoms with E-state index in [0.29, 0.717) is 25.3 Å². The monoisotopic (exact) mass is 256 g/mol. The van der Waals surface area contributed by atoms with Crippen LogP contribution in [0.2, 0.25) is 0 Å². The predicted molar refractivity (Wildman–Crippen MR) is 68.9 cm³/mol. The van der Waals surface area contributed by atoms with Crippen molar-refractivity contribution in [1.29, 1.82) is 0 Å². The van der Waals surface area contributed by atoms with Crippen LogP contribution in [-0.4, -0.2) is 29.6 Å². The smallest absolute Gasteiger partial charge is 0.306 e. The van der Waals surface area contributed by atoms with Crippen molar-refractivity contribution in [3.05, 3.63) is 0 Å². The summed E-state index contributed by atoms with van der Waals surface area (Å²) in [5, 5.41) is 11.8. The maximum Gasteiger partial charge on any atom is 0.306 e. The Balaban J connectivity index is 2.36. The van der Waals surface area contributed by atoms with E-state index >= 15 is 0 Å². The quantitative estimate of drug-likeness (QED) is 0.660. The van der Waals surface area contributed by atoms with Gasteiger partial charge < -0.3 is 16.2 Å². The standard InChI is InChI=1S/C13H24N2O3/c1-8(2)6-11(14)12(16)15-7-9-4-3-5-10(9)13(17)18/h8-11H,3-7,14H2,1-2H3,(H,15,16)(H,17,18). The van der Waals surface area contributed by atoms with E-state index in [1.54, 1.807) is 0 Å². The third-order valence-corrected chi connectivity index (χ3v) is 3.58. The van der Waals surface area contributed by atoms with Crippen molar-refractivity contribution in [1.82, 2.24) is 5.32 Å². The fourth-order valence-electron chi connectivity index (χ4n) is 2.58. The number of carbonyl (C=O) groups is 2. The Morgan fingerprint density at radius 3 is 2.61 bits per heavy atom. The van der Waals surface area contributed by atoms with Crippen molar-refractivity contribution in [3.8, 4) is 0 Å². The molecule has 0 aromatic carbocycles. The van der Waals surface area contributed by atoms with Gasteiger partial charge in [-0.1, -0.05) is 20.3 Å². The Bertz CT molecular complexity index is 305. The third kappa shape index (κ3) is 4.29. The molecule has 0 saturated heterocycles. The fraction of sp³-hybridized carbons (Fsp3) is 0.846. The highest BCUT2D eigenvalue weighted by Crippen LogP contribution is 2.31. The minimum absolute atomic E-state index is 0.0534. The highest BCUT2D eigenvalue weighted by molar-refractivity contribution is 5.81. The molecule has 1 aliphatic carbocycles. The van der Waals surface area contributed by atoms with Crippen LogP contribution in [0.25, 0.3) is 0 Å². The van der Waals surface area contributed by atoms with Gasteiger partial charge in [0, 0.05) is 6.54 Å². The lowest BCUT2D eigenvalue weighted by molar-refractivity contribution is -0.143. The molecule has 18 heavy (non-hydrogen) atoms. The summed E-state index contributed by atoms with van der Waals surface area (Å²) in [5.41, 5.74) is 5.77. The molecule has 0 radical (unpaired) electrons. The summed E-state index contributed by atoms with van der Waals surface area (Å²) < 4.78 is 0. The number of rotatable bonds is 6. The average molecular weight is 256 g/mol. The lowest BCUT2D eigenvalue weighted by Crippen LogP contribution is -2.43. The second kappa shape index (κ2) is 6.73. The first-order valence-corrected chi connectivity index (χ1v) is 6.68. The molecule has 0 spiro atoms. The zero-order chi connectivity index (χ0) is 13.7. The van der Waals surface area contributed by atoms with Gasteiger partial charge in [-0.2, -0.15) is 0 Å². The van der Waals surface area contributed by atoms with Gasteiger partial charge in [-0.15, -0.1) is 0 Å². The molecule has 1 fully saturated rings. The minimum Gasteiger partial charge on any atom is -0.481 e. The predicted octanol–water partition coefficient (Wildman–Crippen LogP) is 0.977. The van der Waals surface area contributed by atoms with Gasteiger partial charge in [0.1, 0.15) is 0 Å². The molecule has 0 aromatic rings. The Kier molecular flexibility index (Phi) is 5.59. The van der Waals surface area contributed by atoms with Gasteiger partial charge in [0.15, 0.2) is 0 Å². The minimum atomic E-state index is -0.752. The van der Waals surface area contributed by atoms with Crippen molar-refractivity contribution >= 4 is 11.9 Å². The molecule has 5 nitrogen and oxygen atoms in total. The number of carboxylic acids is 1. The van der Waals surface area contributed by atoms with Crippen LogP contribution < -0.4 is 11.1 Å². The lowest BCUT2D eigenvalue weighted by atomic mass is 9.96. The molecule has 0 aromatic heterocycles. The van der Waals surface area contributed by atoms with E-state index < -0.39 is 12.0 Å². The number of carbonyl (C=O) groups excluding carboxylic acids is 1. The zero-order valence-corrected chi connectivity index (χ0v) is 11.2. The van der Waals surface area contributed by atoms with Crippen LogP contribution in [0, 0.1) is 17.8 Å². The van der Waals surface area contributed by atoms with Crippen molar-refractivity contribution in [2.75, 3.05) is 6.54 Å². The molecule has 4 N–H and O–H groups in total. The van der Waals surface area contributed by atoms with E-state index in [2.05, 4.69) is 5.32 Å². The highest BCUT2D eigenvalue weighted by atomic mass is 16.4. The Hall–Kier alpha value is -1.10. The second-order valence-electron chi connectivity index (χ2n) is 5.62. The molecule has 1 amide bonds. The van der Waals surface area contributed by atoms with Crippen LogP contribution in [0.4, 0.5) is 0 Å². The fourth-order valence-corrected chi connectivity index (χ4v) is 2.58. The first-order chi connectivity index (χ1) is 8.41. The van der Waals surface area contributed by atoms with E-state index in [0.717, 1.165) is 12.8 Å². The molecule has 3 unspecified atom stereocenters. The van der Waals surface area contributed by atoms with Crippen LogP contribution >= 0.6 is 0 Å². The van der Waals surface area contributed by atoms with E-state index in [4.69, 9.17) is 10.8 Å². The topological polar surface area (TPSA) is 92.4 Å². The van der Waals surface area contributed by atoms with Gasteiger partial charge in [0.05, 0.1) is 12.0 Å². The maximum atomic E-state index is 11.7. The molecular weight excluding hydrogens is 232 g/mol. The summed E-state index contributed by atoms with van der Waals surface area (Å²) in [5.74, 6) is -0.800. The average Bonchev–Trinajstić information content (AvgIpc) is 2.72. The van der Waals surface area contributed by atoms with Crippen LogP contribution in [0.15, 0.2) is 0 Å². The number of hydrogen-bond acceptors (Lipinski definition) is 3. The van der Waals surface area contributed by atoms with E-state index in [9.17, 15) is 9.59 Å². The zero-order valence-electron chi connectivity index (χ0n) is 11.2. The molecule has 1 aliphatic rings. The van der Waals surface area contributed by atoms with Crippen molar-refractivity contribution in [2.24, 2.45) is 23.5 Å². The third-order valence-electron chi connectivity index (χ3n) is 3.58. The van der Waals surface area contributed by atoms with Crippen LogP contribution in [0.1, 0.15) is 39.5 Å². The molecule has 5 heteroatoms. The molecular formula is C13H24N2O3. The molecule has 0 bridgehead atoms. The van der Waals surface area contributed by atoms with Gasteiger partial charge >= 0.3 is 5.97 Å². The normalized spacial score (nSPS) is 25.1. The summed E-state index contributed by atoms with van der Waals surface area (Å²) in [4.78, 5) is 22.7. The largest absolute Gasteiger partial charge is 0.481 e. The number of nitrogens with two attached hydrogens (primary N) is 1. The molecule has 0 heterocycles. The number of carboxylic acid groups (broad SMARTS) is 1. The van der Waals surface area contributed by atoms with Crippen LogP contribution in [0.5, 0.6) is 0 Å². The maximum absolute atomic E-state index is 11.7. The first kappa shape index (κ1) is 15.0. The van der Waals surface area contributed by atoms with Crippen molar-refractivity contribution in [2.45, 2.75) is 45.6 Å². The van der Waals surface area contributed by atoms with E-state index in [1.807, 2.05) is 13.8 Å². The van der Waals surface area contributed by atoms with Crippen LogP contribution in [0.3, 0.4) is 0 Å². The molecule has 1 saturated carbocycles. The summed E-state index contributed by atoms with van der Waals surface area (Å²) in [6, 6.07) is -0.491. The number of nitrogens with one attached hydrogen (secondary N) is 1. The Morgan fingerprint density at radius 2 is 2.06 bits per heavy atom. The SMILES string of the molecule is CC(C)CC(N)C(=O)NCC1CCCC1C(=O)O. The first-order valence-electron chi connectivity index (χ1n) is 6.68. The summed E-state index contributed by atoms with van der Waals surface area (Å²) in [7, 11) is 0. The van der Waals surface area contributed by atoms with Crippen molar-refractivity contribution < 1.29 is 14.7 Å². The van der Waals surface area contributed by atoms with Gasteiger partial charge in [-0.25, -0.2) is 0 Å². The molecule has 0 aliphatic heterocycles. The van der Waals surface area contributed by atoms with Gasteiger partial charge in [-0.3, -0.25) is 9.59 Å². The Labute approximate surface area is 108 Å². The highest BCUT2D eigenvalue weighted by Gasteiger charge is 2.33. The van der Waals surface area contributed by atoms with Gasteiger partial charge in [-0.05, 0) is 31.1 Å². The summed E-state index contributed by atoms with van der Waals surface area (Å²) >= 11 is 0. The molecule has 1 rings (SSSR count). The van der Waals surface area contributed by atoms with Crippen LogP contribution in [-0.2, 0) is 9.59 Å². The molecule has 3 atom stereocenters. The van der Waals surface area contributed by atoms with E-state index in [-0.39, 0.29) is 17.7 Å². The summed E-state index contributed by atoms with van der Waals surface area (Å²) in [6.45, 7) is 4.47. The molecule has 104 valence electrons. The number of aliphatic carboxylic acids is 1. The number of hydrogen-bond donors (Lipinski definition) is 3. The second-order valence-corrected chi connectivity index (χ2v) is 5.62. The number of amides is 1. The summed E-state index contributed by atoms with van der Waals surface area (Å²) in [6.07, 6.45) is 3.17. The van der Waals surface area contributed by atoms with Gasteiger partial charge in [0.2, 0.25) is 5.91 Å². The van der Waals surface area contributed by atoms with E-state index in [1.165, 1.54) is 0 Å². The Morgan fingerprint density at radius 1 is 1.39 bits per heavy atom.